The molecule has 21 heavy (non-hydrogen) atoms. The second kappa shape index (κ2) is 5.20. The molecule has 0 radical (unpaired) electrons. The van der Waals surface area contributed by atoms with Gasteiger partial charge in [0.05, 0.1) is 30.4 Å². The van der Waals surface area contributed by atoms with Crippen LogP contribution in [0.25, 0.3) is 11.0 Å². The predicted octanol–water partition coefficient (Wildman–Crippen LogP) is 3.41. The summed E-state index contributed by atoms with van der Waals surface area (Å²) in [7, 11) is 1.71. The SMILES string of the molecule is COc1c(C)cnc(Cn2c(C)nc3ccccc32)c1C. The second-order valence-electron chi connectivity index (χ2n) is 5.28. The lowest BCUT2D eigenvalue weighted by atomic mass is 10.1. The molecule has 4 nitrogen and oxygen atoms in total. The molecule has 0 unspecified atom stereocenters. The molecule has 0 fully saturated rings. The summed E-state index contributed by atoms with van der Waals surface area (Å²) >= 11 is 0. The Morgan fingerprint density at radius 2 is 1.90 bits per heavy atom. The fourth-order valence-electron chi connectivity index (χ4n) is 2.78. The summed E-state index contributed by atoms with van der Waals surface area (Å²) in [4.78, 5) is 9.18. The first-order valence-electron chi connectivity index (χ1n) is 7.02. The summed E-state index contributed by atoms with van der Waals surface area (Å²) in [6.45, 7) is 6.80. The van der Waals surface area contributed by atoms with Gasteiger partial charge in [-0.3, -0.25) is 4.98 Å². The van der Waals surface area contributed by atoms with Crippen molar-refractivity contribution >= 4 is 11.0 Å². The first-order valence-corrected chi connectivity index (χ1v) is 7.02. The Labute approximate surface area is 124 Å². The lowest BCUT2D eigenvalue weighted by Gasteiger charge is -2.13. The van der Waals surface area contributed by atoms with Crippen LogP contribution in [0, 0.1) is 20.8 Å². The van der Waals surface area contributed by atoms with E-state index in [4.69, 9.17) is 4.74 Å². The predicted molar refractivity (Wildman–Crippen MR) is 83.8 cm³/mol. The molecule has 0 spiro atoms. The molecular formula is C17H19N3O. The summed E-state index contributed by atoms with van der Waals surface area (Å²) in [5.41, 5.74) is 5.33. The van der Waals surface area contributed by atoms with Crippen molar-refractivity contribution in [3.8, 4) is 5.75 Å². The van der Waals surface area contributed by atoms with E-state index >= 15 is 0 Å². The van der Waals surface area contributed by atoms with Crippen molar-refractivity contribution in [3.05, 3.63) is 53.1 Å². The molecule has 0 atom stereocenters. The minimum atomic E-state index is 0.703. The second-order valence-corrected chi connectivity index (χ2v) is 5.28. The van der Waals surface area contributed by atoms with Gasteiger partial charge in [-0.05, 0) is 32.9 Å². The first kappa shape index (κ1) is 13.6. The van der Waals surface area contributed by atoms with Crippen LogP contribution in [0.3, 0.4) is 0 Å². The number of hydrogen-bond acceptors (Lipinski definition) is 3. The lowest BCUT2D eigenvalue weighted by Crippen LogP contribution is -2.07. The number of benzene rings is 1. The van der Waals surface area contributed by atoms with Gasteiger partial charge in [-0.15, -0.1) is 0 Å². The van der Waals surface area contributed by atoms with E-state index in [1.54, 1.807) is 7.11 Å². The van der Waals surface area contributed by atoms with Crippen molar-refractivity contribution in [1.82, 2.24) is 14.5 Å². The molecule has 3 aromatic rings. The third kappa shape index (κ3) is 2.27. The van der Waals surface area contributed by atoms with Crippen LogP contribution in [0.2, 0.25) is 0 Å². The number of aryl methyl sites for hydroxylation is 2. The Kier molecular flexibility index (Phi) is 3.37. The van der Waals surface area contributed by atoms with Gasteiger partial charge in [0.2, 0.25) is 0 Å². The Hall–Kier alpha value is -2.36. The van der Waals surface area contributed by atoms with E-state index in [0.29, 0.717) is 6.54 Å². The maximum Gasteiger partial charge on any atom is 0.128 e. The number of pyridine rings is 1. The number of aromatic nitrogens is 3. The van der Waals surface area contributed by atoms with E-state index in [1.165, 1.54) is 0 Å². The van der Waals surface area contributed by atoms with E-state index in [-0.39, 0.29) is 0 Å². The van der Waals surface area contributed by atoms with Crippen molar-refractivity contribution < 1.29 is 4.74 Å². The monoisotopic (exact) mass is 281 g/mol. The van der Waals surface area contributed by atoms with Gasteiger partial charge in [0.15, 0.2) is 0 Å². The number of rotatable bonds is 3. The standard InChI is InChI=1S/C17H19N3O/c1-11-9-18-15(12(2)17(11)21-4)10-20-13(3)19-14-7-5-6-8-16(14)20/h5-9H,10H2,1-4H3. The highest BCUT2D eigenvalue weighted by atomic mass is 16.5. The van der Waals surface area contributed by atoms with Gasteiger partial charge in [-0.1, -0.05) is 12.1 Å². The molecule has 1 aromatic carbocycles. The molecule has 0 bridgehead atoms. The van der Waals surface area contributed by atoms with Crippen molar-refractivity contribution in [3.63, 3.8) is 0 Å². The van der Waals surface area contributed by atoms with Gasteiger partial charge < -0.3 is 9.30 Å². The van der Waals surface area contributed by atoms with Crippen molar-refractivity contribution in [2.75, 3.05) is 7.11 Å². The summed E-state index contributed by atoms with van der Waals surface area (Å²) in [6, 6.07) is 8.18. The Balaban J connectivity index is 2.09. The van der Waals surface area contributed by atoms with Crippen LogP contribution in [0.15, 0.2) is 30.5 Å². The molecular weight excluding hydrogens is 262 g/mol. The highest BCUT2D eigenvalue weighted by Gasteiger charge is 2.13. The largest absolute Gasteiger partial charge is 0.496 e. The molecule has 3 rings (SSSR count). The highest BCUT2D eigenvalue weighted by molar-refractivity contribution is 5.76. The van der Waals surface area contributed by atoms with Crippen molar-refractivity contribution in [2.45, 2.75) is 27.3 Å². The van der Waals surface area contributed by atoms with Crippen LogP contribution in [-0.2, 0) is 6.54 Å². The molecule has 0 N–H and O–H groups in total. The minimum absolute atomic E-state index is 0.703. The van der Waals surface area contributed by atoms with E-state index in [9.17, 15) is 0 Å². The number of hydrogen-bond donors (Lipinski definition) is 0. The molecule has 0 amide bonds. The summed E-state index contributed by atoms with van der Waals surface area (Å²) in [6.07, 6.45) is 1.87. The molecule has 0 aliphatic carbocycles. The maximum absolute atomic E-state index is 5.49. The summed E-state index contributed by atoms with van der Waals surface area (Å²) < 4.78 is 7.68. The van der Waals surface area contributed by atoms with E-state index in [0.717, 1.165) is 39.4 Å². The molecule has 2 heterocycles. The zero-order chi connectivity index (χ0) is 15.0. The van der Waals surface area contributed by atoms with Crippen LogP contribution in [0.4, 0.5) is 0 Å². The van der Waals surface area contributed by atoms with Crippen LogP contribution in [-0.4, -0.2) is 21.6 Å². The van der Waals surface area contributed by atoms with Gasteiger partial charge in [0.1, 0.15) is 11.6 Å². The van der Waals surface area contributed by atoms with Crippen LogP contribution in [0.5, 0.6) is 5.75 Å². The lowest BCUT2D eigenvalue weighted by molar-refractivity contribution is 0.406. The van der Waals surface area contributed by atoms with Crippen LogP contribution < -0.4 is 4.74 Å². The summed E-state index contributed by atoms with van der Waals surface area (Å²) in [5, 5.41) is 0. The zero-order valence-corrected chi connectivity index (χ0v) is 12.8. The zero-order valence-electron chi connectivity index (χ0n) is 12.8. The smallest absolute Gasteiger partial charge is 0.128 e. The Morgan fingerprint density at radius 3 is 2.67 bits per heavy atom. The Bertz CT molecular complexity index is 805. The normalized spacial score (nSPS) is 11.0. The van der Waals surface area contributed by atoms with Crippen molar-refractivity contribution in [2.24, 2.45) is 0 Å². The topological polar surface area (TPSA) is 39.9 Å². The molecule has 108 valence electrons. The van der Waals surface area contributed by atoms with E-state index in [2.05, 4.69) is 27.5 Å². The van der Waals surface area contributed by atoms with E-state index < -0.39 is 0 Å². The number of imidazole rings is 1. The summed E-state index contributed by atoms with van der Waals surface area (Å²) in [5.74, 6) is 1.92. The van der Waals surface area contributed by atoms with Gasteiger partial charge in [-0.25, -0.2) is 4.98 Å². The number of methoxy groups -OCH3 is 1. The number of fused-ring (bicyclic) bond motifs is 1. The molecule has 4 heteroatoms. The van der Waals surface area contributed by atoms with Crippen LogP contribution >= 0.6 is 0 Å². The Morgan fingerprint density at radius 1 is 1.14 bits per heavy atom. The fraction of sp³-hybridized carbons (Fsp3) is 0.294. The molecule has 0 saturated carbocycles. The highest BCUT2D eigenvalue weighted by Crippen LogP contribution is 2.25. The third-order valence-corrected chi connectivity index (χ3v) is 3.90. The number of nitrogens with zero attached hydrogens (tertiary/aromatic N) is 3. The number of para-hydroxylation sites is 2. The molecule has 0 aliphatic heterocycles. The average molecular weight is 281 g/mol. The van der Waals surface area contributed by atoms with Gasteiger partial charge >= 0.3 is 0 Å². The third-order valence-electron chi connectivity index (χ3n) is 3.90. The van der Waals surface area contributed by atoms with Gasteiger partial charge in [0.25, 0.3) is 0 Å². The maximum atomic E-state index is 5.49. The molecule has 2 aromatic heterocycles. The number of ether oxygens (including phenoxy) is 1. The van der Waals surface area contributed by atoms with E-state index in [1.807, 2.05) is 38.2 Å². The molecule has 0 aliphatic rings. The van der Waals surface area contributed by atoms with Crippen molar-refractivity contribution in [1.29, 1.82) is 0 Å². The fourth-order valence-corrected chi connectivity index (χ4v) is 2.78. The van der Waals surface area contributed by atoms with Gasteiger partial charge in [-0.2, -0.15) is 0 Å². The molecule has 0 saturated heterocycles. The first-order chi connectivity index (χ1) is 10.1. The quantitative estimate of drug-likeness (QED) is 0.738. The average Bonchev–Trinajstić information content (AvgIpc) is 2.78. The minimum Gasteiger partial charge on any atom is -0.496 e. The van der Waals surface area contributed by atoms with Gasteiger partial charge in [0, 0.05) is 17.3 Å². The van der Waals surface area contributed by atoms with Crippen LogP contribution in [0.1, 0.15) is 22.6 Å².